The van der Waals surface area contributed by atoms with E-state index in [9.17, 15) is 13.2 Å². The summed E-state index contributed by atoms with van der Waals surface area (Å²) in [6.45, 7) is 0.878. The predicted molar refractivity (Wildman–Crippen MR) is 136 cm³/mol. The smallest absolute Gasteiger partial charge is 0.252 e. The van der Waals surface area contributed by atoms with Gasteiger partial charge in [-0.05, 0) is 49.2 Å². The number of nitrogens with zero attached hydrogens (tertiary/aromatic N) is 4. The van der Waals surface area contributed by atoms with Gasteiger partial charge in [-0.25, -0.2) is 13.4 Å². The van der Waals surface area contributed by atoms with Crippen molar-refractivity contribution in [2.24, 2.45) is 5.92 Å². The number of pyridine rings is 1. The van der Waals surface area contributed by atoms with Crippen molar-refractivity contribution < 1.29 is 13.2 Å². The molecule has 0 saturated carbocycles. The lowest BCUT2D eigenvalue weighted by atomic mass is 9.96. The maximum atomic E-state index is 13.7. The normalized spacial score (nSPS) is 15.6. The van der Waals surface area contributed by atoms with Crippen molar-refractivity contribution in [1.29, 1.82) is 0 Å². The second-order valence-corrected chi connectivity index (χ2v) is 12.8. The third kappa shape index (κ3) is 4.73. The second-order valence-electron chi connectivity index (χ2n) is 7.95. The zero-order valence-corrected chi connectivity index (χ0v) is 21.2. The van der Waals surface area contributed by atoms with Crippen LogP contribution in [0.15, 0.2) is 65.0 Å². The van der Waals surface area contributed by atoms with E-state index in [1.54, 1.807) is 17.2 Å². The van der Waals surface area contributed by atoms with Gasteiger partial charge in [0.05, 0.1) is 26.8 Å². The molecule has 5 rings (SSSR count). The molecule has 1 fully saturated rings. The molecule has 1 saturated heterocycles. The number of carbonyl (C=O) groups excluding carboxylic acids is 1. The average molecular weight is 533 g/mol. The number of thiazole rings is 1. The standard InChI is InChI=1S/C23H21ClN4O3S3/c24-20-8-9-21(33-20)34(30,31)27-13-10-16(11-14-27)22(29)28(15-17-5-3-4-12-25-17)23-26-18-6-1-2-7-19(18)32-23/h1-9,12,16H,10-11,13-15H2. The third-order valence-electron chi connectivity index (χ3n) is 5.77. The Morgan fingerprint density at radius 2 is 1.82 bits per heavy atom. The number of rotatable bonds is 6. The molecule has 3 aromatic heterocycles. The van der Waals surface area contributed by atoms with Crippen molar-refractivity contribution >= 4 is 65.6 Å². The van der Waals surface area contributed by atoms with Gasteiger partial charge in [-0.1, -0.05) is 41.1 Å². The molecule has 1 aliphatic heterocycles. The first kappa shape index (κ1) is 23.4. The maximum absolute atomic E-state index is 13.7. The number of sulfonamides is 1. The number of carbonyl (C=O) groups is 1. The summed E-state index contributed by atoms with van der Waals surface area (Å²) in [6, 6.07) is 16.5. The van der Waals surface area contributed by atoms with Crippen molar-refractivity contribution in [1.82, 2.24) is 14.3 Å². The SMILES string of the molecule is O=C(C1CCN(S(=O)(=O)c2ccc(Cl)s2)CC1)N(Cc1ccccn1)c1nc2ccccc2s1. The molecule has 34 heavy (non-hydrogen) atoms. The number of para-hydroxylation sites is 1. The van der Waals surface area contributed by atoms with Gasteiger partial charge in [0.25, 0.3) is 10.0 Å². The molecule has 1 aromatic carbocycles. The van der Waals surface area contributed by atoms with E-state index in [-0.39, 0.29) is 29.1 Å². The highest BCUT2D eigenvalue weighted by Gasteiger charge is 2.35. The molecule has 1 amide bonds. The van der Waals surface area contributed by atoms with Crippen molar-refractivity contribution in [3.8, 4) is 0 Å². The van der Waals surface area contributed by atoms with E-state index >= 15 is 0 Å². The zero-order chi connectivity index (χ0) is 23.7. The molecule has 176 valence electrons. The fourth-order valence-electron chi connectivity index (χ4n) is 4.00. The maximum Gasteiger partial charge on any atom is 0.252 e. The number of hydrogen-bond donors (Lipinski definition) is 0. The number of piperidine rings is 1. The van der Waals surface area contributed by atoms with Gasteiger partial charge < -0.3 is 0 Å². The first-order valence-corrected chi connectivity index (χ1v) is 14.2. The minimum Gasteiger partial charge on any atom is -0.282 e. The van der Waals surface area contributed by atoms with Gasteiger partial charge in [0.2, 0.25) is 5.91 Å². The average Bonchev–Trinajstić information content (AvgIpc) is 3.49. The number of aromatic nitrogens is 2. The lowest BCUT2D eigenvalue weighted by Gasteiger charge is -2.32. The predicted octanol–water partition coefficient (Wildman–Crippen LogP) is 5.04. The summed E-state index contributed by atoms with van der Waals surface area (Å²) in [6.07, 6.45) is 2.60. The molecule has 4 aromatic rings. The third-order valence-corrected chi connectivity index (χ3v) is 10.4. The van der Waals surface area contributed by atoms with Crippen LogP contribution in [-0.4, -0.2) is 41.7 Å². The van der Waals surface area contributed by atoms with E-state index in [1.807, 2.05) is 42.5 Å². The van der Waals surface area contributed by atoms with Crippen molar-refractivity contribution in [3.05, 3.63) is 70.8 Å². The van der Waals surface area contributed by atoms with Crippen LogP contribution in [-0.2, 0) is 21.4 Å². The number of thiophene rings is 1. The Morgan fingerprint density at radius 1 is 1.06 bits per heavy atom. The number of fused-ring (bicyclic) bond motifs is 1. The molecule has 0 N–H and O–H groups in total. The number of amides is 1. The van der Waals surface area contributed by atoms with Gasteiger partial charge in [0.1, 0.15) is 4.21 Å². The molecule has 0 radical (unpaired) electrons. The van der Waals surface area contributed by atoms with Crippen LogP contribution in [0.4, 0.5) is 5.13 Å². The molecule has 1 aliphatic rings. The highest BCUT2D eigenvalue weighted by molar-refractivity contribution is 7.91. The summed E-state index contributed by atoms with van der Waals surface area (Å²) < 4.78 is 29.0. The Labute approximate surface area is 210 Å². The Bertz CT molecular complexity index is 1380. The van der Waals surface area contributed by atoms with E-state index in [1.165, 1.54) is 21.7 Å². The van der Waals surface area contributed by atoms with Gasteiger partial charge in [-0.3, -0.25) is 14.7 Å². The molecule has 0 bridgehead atoms. The van der Waals surface area contributed by atoms with E-state index in [0.29, 0.717) is 28.9 Å². The van der Waals surface area contributed by atoms with Crippen LogP contribution in [0.25, 0.3) is 10.2 Å². The van der Waals surface area contributed by atoms with Gasteiger partial charge in [0.15, 0.2) is 5.13 Å². The summed E-state index contributed by atoms with van der Waals surface area (Å²) in [5.41, 5.74) is 1.61. The fraction of sp³-hybridized carbons (Fsp3) is 0.261. The lowest BCUT2D eigenvalue weighted by Crippen LogP contribution is -2.44. The van der Waals surface area contributed by atoms with E-state index in [0.717, 1.165) is 27.2 Å². The Balaban J connectivity index is 1.36. The first-order valence-electron chi connectivity index (χ1n) is 10.7. The molecule has 0 atom stereocenters. The number of hydrogen-bond acceptors (Lipinski definition) is 7. The molecule has 0 spiro atoms. The van der Waals surface area contributed by atoms with Crippen LogP contribution in [0.3, 0.4) is 0 Å². The minimum absolute atomic E-state index is 0.0547. The quantitative estimate of drug-likeness (QED) is 0.347. The van der Waals surface area contributed by atoms with E-state index < -0.39 is 10.0 Å². The summed E-state index contributed by atoms with van der Waals surface area (Å²) in [5, 5.41) is 0.625. The highest BCUT2D eigenvalue weighted by Crippen LogP contribution is 2.34. The highest BCUT2D eigenvalue weighted by atomic mass is 35.5. The largest absolute Gasteiger partial charge is 0.282 e. The first-order chi connectivity index (χ1) is 16.4. The molecule has 0 unspecified atom stereocenters. The van der Waals surface area contributed by atoms with Crippen molar-refractivity contribution in [3.63, 3.8) is 0 Å². The van der Waals surface area contributed by atoms with Gasteiger partial charge in [0, 0.05) is 25.2 Å². The van der Waals surface area contributed by atoms with Crippen molar-refractivity contribution in [2.45, 2.75) is 23.6 Å². The fourth-order valence-corrected chi connectivity index (χ4v) is 8.07. The Hall–Kier alpha value is -2.37. The van der Waals surface area contributed by atoms with Gasteiger partial charge >= 0.3 is 0 Å². The molecule has 11 heteroatoms. The monoisotopic (exact) mass is 532 g/mol. The topological polar surface area (TPSA) is 83.5 Å². The lowest BCUT2D eigenvalue weighted by molar-refractivity contribution is -0.123. The Kier molecular flexibility index (Phi) is 6.67. The minimum atomic E-state index is -3.61. The van der Waals surface area contributed by atoms with Crippen LogP contribution in [0.2, 0.25) is 4.34 Å². The van der Waals surface area contributed by atoms with E-state index in [4.69, 9.17) is 16.6 Å². The van der Waals surface area contributed by atoms with Crippen LogP contribution in [0, 0.1) is 5.92 Å². The number of benzene rings is 1. The van der Waals surface area contributed by atoms with Crippen LogP contribution < -0.4 is 4.90 Å². The molecule has 7 nitrogen and oxygen atoms in total. The summed E-state index contributed by atoms with van der Waals surface area (Å²) >= 11 is 8.45. The number of anilines is 1. The summed E-state index contributed by atoms with van der Waals surface area (Å²) in [4.78, 5) is 24.5. The molecular formula is C23H21ClN4O3S3. The van der Waals surface area contributed by atoms with Crippen LogP contribution in [0.5, 0.6) is 0 Å². The molecular weight excluding hydrogens is 512 g/mol. The van der Waals surface area contributed by atoms with E-state index in [2.05, 4.69) is 4.98 Å². The Morgan fingerprint density at radius 3 is 2.50 bits per heavy atom. The van der Waals surface area contributed by atoms with Crippen molar-refractivity contribution in [2.75, 3.05) is 18.0 Å². The van der Waals surface area contributed by atoms with Crippen LogP contribution in [0.1, 0.15) is 18.5 Å². The zero-order valence-electron chi connectivity index (χ0n) is 18.0. The van der Waals surface area contributed by atoms with Crippen LogP contribution >= 0.6 is 34.3 Å². The number of halogens is 1. The molecule has 0 aliphatic carbocycles. The molecule has 4 heterocycles. The summed E-state index contributed by atoms with van der Waals surface area (Å²) in [5.74, 6) is -0.352. The summed E-state index contributed by atoms with van der Waals surface area (Å²) in [7, 11) is -3.61. The van der Waals surface area contributed by atoms with Gasteiger partial charge in [-0.2, -0.15) is 4.31 Å². The second kappa shape index (κ2) is 9.71. The van der Waals surface area contributed by atoms with Gasteiger partial charge in [-0.15, -0.1) is 11.3 Å².